The van der Waals surface area contributed by atoms with E-state index in [1.807, 2.05) is 18.4 Å². The molecule has 3 rings (SSSR count). The molecule has 0 aromatic heterocycles. The summed E-state index contributed by atoms with van der Waals surface area (Å²) in [6.07, 6.45) is 2.82. The number of methoxy groups -OCH3 is 1. The standard InChI is InChI=1S/C24H27ClN2O5S/c1-14(28)27-21(7-8-33-3)23(29)26-13-19-11-18-10-17(12-20(25)22(18)32-19)15-5-4-6-16(9-15)24(30)31-2/h4-6,9-10,12,19,21H,7-8,11,13H2,1-3H3,(H,26,29)(H,27,28)/t19-,21-/m0/s1. The monoisotopic (exact) mass is 490 g/mol. The van der Waals surface area contributed by atoms with E-state index >= 15 is 0 Å². The average molecular weight is 491 g/mol. The Labute approximate surface area is 202 Å². The number of nitrogens with one attached hydrogen (secondary N) is 2. The molecule has 2 aromatic rings. The predicted octanol–water partition coefficient (Wildman–Crippen LogP) is 3.47. The van der Waals surface area contributed by atoms with Gasteiger partial charge >= 0.3 is 5.97 Å². The van der Waals surface area contributed by atoms with Gasteiger partial charge in [-0.05, 0) is 53.8 Å². The summed E-state index contributed by atoms with van der Waals surface area (Å²) in [7, 11) is 1.35. The average Bonchev–Trinajstić information content (AvgIpc) is 3.23. The Hall–Kier alpha value is -2.71. The van der Waals surface area contributed by atoms with Crippen LogP contribution in [0, 0.1) is 0 Å². The zero-order valence-electron chi connectivity index (χ0n) is 18.8. The first kappa shape index (κ1) is 24.9. The Balaban J connectivity index is 1.68. The number of thioether (sulfide) groups is 1. The van der Waals surface area contributed by atoms with Crippen LogP contribution in [0.5, 0.6) is 5.75 Å². The molecule has 0 aliphatic carbocycles. The summed E-state index contributed by atoms with van der Waals surface area (Å²) in [4.78, 5) is 35.9. The Kier molecular flexibility index (Phi) is 8.63. The Morgan fingerprint density at radius 2 is 2.03 bits per heavy atom. The number of carbonyl (C=O) groups is 3. The quantitative estimate of drug-likeness (QED) is 0.523. The summed E-state index contributed by atoms with van der Waals surface area (Å²) >= 11 is 8.11. The first-order chi connectivity index (χ1) is 15.8. The van der Waals surface area contributed by atoms with Crippen LogP contribution in [0.1, 0.15) is 29.3 Å². The number of hydrogen-bond acceptors (Lipinski definition) is 6. The van der Waals surface area contributed by atoms with Crippen LogP contribution in [-0.4, -0.2) is 55.6 Å². The Morgan fingerprint density at radius 3 is 2.73 bits per heavy atom. The smallest absolute Gasteiger partial charge is 0.337 e. The molecular formula is C24H27ClN2O5S. The second-order valence-corrected chi connectivity index (χ2v) is 9.14. The van der Waals surface area contributed by atoms with Crippen molar-refractivity contribution in [2.45, 2.75) is 31.9 Å². The molecule has 2 amide bonds. The molecule has 0 radical (unpaired) electrons. The lowest BCUT2D eigenvalue weighted by atomic mass is 9.99. The molecule has 1 aliphatic heterocycles. The molecule has 33 heavy (non-hydrogen) atoms. The van der Waals surface area contributed by atoms with E-state index in [1.54, 1.807) is 36.0 Å². The third-order valence-electron chi connectivity index (χ3n) is 5.28. The van der Waals surface area contributed by atoms with Crippen LogP contribution in [0.3, 0.4) is 0 Å². The lowest BCUT2D eigenvalue weighted by Gasteiger charge is -2.19. The van der Waals surface area contributed by atoms with E-state index < -0.39 is 12.0 Å². The van der Waals surface area contributed by atoms with Crippen molar-refractivity contribution in [3.8, 4) is 16.9 Å². The molecule has 0 saturated carbocycles. The third kappa shape index (κ3) is 6.42. The van der Waals surface area contributed by atoms with Crippen molar-refractivity contribution in [2.24, 2.45) is 0 Å². The fourth-order valence-corrected chi connectivity index (χ4v) is 4.45. The van der Waals surface area contributed by atoms with Crippen LogP contribution in [0.15, 0.2) is 36.4 Å². The topological polar surface area (TPSA) is 93.7 Å². The van der Waals surface area contributed by atoms with Crippen LogP contribution < -0.4 is 15.4 Å². The minimum Gasteiger partial charge on any atom is -0.486 e. The van der Waals surface area contributed by atoms with Gasteiger partial charge in [0.2, 0.25) is 11.8 Å². The van der Waals surface area contributed by atoms with Crippen LogP contribution in [0.4, 0.5) is 0 Å². The summed E-state index contributed by atoms with van der Waals surface area (Å²) in [6.45, 7) is 1.70. The second kappa shape index (κ2) is 11.4. The van der Waals surface area contributed by atoms with Crippen LogP contribution >= 0.6 is 23.4 Å². The molecule has 0 spiro atoms. The molecule has 9 heteroatoms. The molecule has 1 aliphatic rings. The van der Waals surface area contributed by atoms with Crippen molar-refractivity contribution in [2.75, 3.05) is 25.7 Å². The predicted molar refractivity (Wildman–Crippen MR) is 130 cm³/mol. The molecule has 2 N–H and O–H groups in total. The van der Waals surface area contributed by atoms with Gasteiger partial charge in [-0.1, -0.05) is 23.7 Å². The van der Waals surface area contributed by atoms with Gasteiger partial charge in [-0.2, -0.15) is 11.8 Å². The van der Waals surface area contributed by atoms with E-state index in [2.05, 4.69) is 10.6 Å². The molecule has 7 nitrogen and oxygen atoms in total. The van der Waals surface area contributed by atoms with Crippen LogP contribution in [-0.2, 0) is 20.7 Å². The lowest BCUT2D eigenvalue weighted by molar-refractivity contribution is -0.128. The molecule has 0 fully saturated rings. The third-order valence-corrected chi connectivity index (χ3v) is 6.20. The summed E-state index contributed by atoms with van der Waals surface area (Å²) in [6, 6.07) is 10.4. The SMILES string of the molecule is COC(=O)c1cccc(-c2cc(Cl)c3c(c2)C[C@@H](CNC(=O)[C@H](CCSC)NC(C)=O)O3)c1. The number of rotatable bonds is 9. The van der Waals surface area contributed by atoms with Gasteiger partial charge in [0.05, 0.1) is 24.2 Å². The van der Waals surface area contributed by atoms with Gasteiger partial charge in [0.1, 0.15) is 17.9 Å². The molecule has 0 saturated heterocycles. The van der Waals surface area contributed by atoms with Gasteiger partial charge in [-0.15, -0.1) is 0 Å². The molecule has 0 unspecified atom stereocenters. The lowest BCUT2D eigenvalue weighted by Crippen LogP contribution is -2.48. The van der Waals surface area contributed by atoms with E-state index in [9.17, 15) is 14.4 Å². The van der Waals surface area contributed by atoms with Crippen LogP contribution in [0.2, 0.25) is 5.02 Å². The van der Waals surface area contributed by atoms with E-state index in [0.717, 1.165) is 22.4 Å². The van der Waals surface area contributed by atoms with E-state index in [4.69, 9.17) is 21.1 Å². The number of ether oxygens (including phenoxy) is 2. The van der Waals surface area contributed by atoms with Crippen molar-refractivity contribution in [3.05, 3.63) is 52.5 Å². The number of hydrogen-bond donors (Lipinski definition) is 2. The Morgan fingerprint density at radius 1 is 1.24 bits per heavy atom. The Bertz CT molecular complexity index is 1050. The summed E-state index contributed by atoms with van der Waals surface area (Å²) < 4.78 is 10.8. The second-order valence-electron chi connectivity index (χ2n) is 7.74. The van der Waals surface area contributed by atoms with Crippen LogP contribution in [0.25, 0.3) is 11.1 Å². The largest absolute Gasteiger partial charge is 0.486 e. The maximum absolute atomic E-state index is 12.6. The first-order valence-corrected chi connectivity index (χ1v) is 12.3. The number of halogens is 1. The van der Waals surface area contributed by atoms with Gasteiger partial charge < -0.3 is 20.1 Å². The number of esters is 1. The first-order valence-electron chi connectivity index (χ1n) is 10.5. The number of carbonyl (C=O) groups excluding carboxylic acids is 3. The van der Waals surface area contributed by atoms with E-state index in [-0.39, 0.29) is 17.9 Å². The summed E-state index contributed by atoms with van der Waals surface area (Å²) in [5.41, 5.74) is 3.09. The normalized spacial score (nSPS) is 15.2. The van der Waals surface area contributed by atoms with Gasteiger partial charge in [-0.3, -0.25) is 9.59 Å². The van der Waals surface area contributed by atoms with E-state index in [0.29, 0.717) is 35.7 Å². The highest BCUT2D eigenvalue weighted by atomic mass is 35.5. The summed E-state index contributed by atoms with van der Waals surface area (Å²) in [5.74, 6) is 0.490. The van der Waals surface area contributed by atoms with Crippen molar-refractivity contribution >= 4 is 41.1 Å². The minimum absolute atomic E-state index is 0.231. The van der Waals surface area contributed by atoms with Crippen molar-refractivity contribution in [3.63, 3.8) is 0 Å². The molecular weight excluding hydrogens is 464 g/mol. The van der Waals surface area contributed by atoms with Gasteiger partial charge in [0.25, 0.3) is 0 Å². The maximum Gasteiger partial charge on any atom is 0.337 e. The van der Waals surface area contributed by atoms with Gasteiger partial charge in [-0.25, -0.2) is 4.79 Å². The maximum atomic E-state index is 12.6. The molecule has 176 valence electrons. The molecule has 2 atom stereocenters. The van der Waals surface area contributed by atoms with Gasteiger partial charge in [0.15, 0.2) is 0 Å². The zero-order chi connectivity index (χ0) is 24.0. The number of amides is 2. The number of benzene rings is 2. The highest BCUT2D eigenvalue weighted by Gasteiger charge is 2.28. The highest BCUT2D eigenvalue weighted by molar-refractivity contribution is 7.98. The minimum atomic E-state index is -0.573. The molecule has 2 aromatic carbocycles. The van der Waals surface area contributed by atoms with Crippen molar-refractivity contribution < 1.29 is 23.9 Å². The van der Waals surface area contributed by atoms with E-state index in [1.165, 1.54) is 14.0 Å². The highest BCUT2D eigenvalue weighted by Crippen LogP contribution is 2.39. The number of fused-ring (bicyclic) bond motifs is 1. The zero-order valence-corrected chi connectivity index (χ0v) is 20.3. The molecule has 1 heterocycles. The van der Waals surface area contributed by atoms with Crippen molar-refractivity contribution in [1.82, 2.24) is 10.6 Å². The fraction of sp³-hybridized carbons (Fsp3) is 0.375. The summed E-state index contributed by atoms with van der Waals surface area (Å²) in [5, 5.41) is 6.05. The van der Waals surface area contributed by atoms with Gasteiger partial charge in [0, 0.05) is 18.9 Å². The van der Waals surface area contributed by atoms with Crippen molar-refractivity contribution in [1.29, 1.82) is 0 Å². The molecule has 0 bridgehead atoms. The fourth-order valence-electron chi connectivity index (χ4n) is 3.70.